The number of hydrogen-bond acceptors (Lipinski definition) is 5. The largest absolute Gasteiger partial charge is 0.355 e. The van der Waals surface area contributed by atoms with Crippen LogP contribution in [0.15, 0.2) is 45.9 Å². The lowest BCUT2D eigenvalue weighted by atomic mass is 9.97. The van der Waals surface area contributed by atoms with Gasteiger partial charge in [0.2, 0.25) is 11.7 Å². The minimum absolute atomic E-state index is 0.00580. The van der Waals surface area contributed by atoms with Crippen molar-refractivity contribution in [3.05, 3.63) is 46.3 Å². The number of nitrogens with one attached hydrogen (secondary N) is 1. The smallest absolute Gasteiger partial charge is 0.262 e. The van der Waals surface area contributed by atoms with Crippen molar-refractivity contribution in [3.8, 4) is 0 Å². The Hall–Kier alpha value is -2.61. The molecule has 33 heavy (non-hydrogen) atoms. The lowest BCUT2D eigenvalue weighted by Gasteiger charge is -2.15. The van der Waals surface area contributed by atoms with Gasteiger partial charge in [0.15, 0.2) is 5.16 Å². The van der Waals surface area contributed by atoms with Crippen molar-refractivity contribution in [2.45, 2.75) is 82.2 Å². The van der Waals surface area contributed by atoms with Gasteiger partial charge < -0.3 is 5.32 Å². The van der Waals surface area contributed by atoms with E-state index in [4.69, 9.17) is 0 Å². The Labute approximate surface area is 198 Å². The van der Waals surface area contributed by atoms with Gasteiger partial charge in [-0.3, -0.25) is 18.6 Å². The number of para-hydroxylation sites is 1. The standard InChI is InChI=1S/C25H33N5O2S/c1-3-4-10-17-29-23(32)20-13-8-9-14-21(20)30-24(29)27-28-25(30)33-18(2)22(31)26-16-15-19-11-6-5-7-12-19/h8-9,11,13-14,18H,3-7,10,12,15-17H2,1-2H3,(H,26,31). The van der Waals surface area contributed by atoms with Crippen LogP contribution in [0.5, 0.6) is 0 Å². The zero-order valence-electron chi connectivity index (χ0n) is 19.5. The number of carbonyl (C=O) groups excluding carboxylic acids is 1. The molecule has 1 unspecified atom stereocenters. The van der Waals surface area contributed by atoms with Crippen molar-refractivity contribution in [1.82, 2.24) is 24.5 Å². The van der Waals surface area contributed by atoms with E-state index < -0.39 is 0 Å². The fourth-order valence-electron chi connectivity index (χ4n) is 4.36. The second-order valence-electron chi connectivity index (χ2n) is 8.71. The Morgan fingerprint density at radius 2 is 2.06 bits per heavy atom. The number of amides is 1. The fourth-order valence-corrected chi connectivity index (χ4v) is 5.24. The number of benzene rings is 1. The van der Waals surface area contributed by atoms with Crippen molar-refractivity contribution in [2.75, 3.05) is 6.54 Å². The molecule has 1 aliphatic rings. The molecule has 0 bridgehead atoms. The molecule has 0 fully saturated rings. The van der Waals surface area contributed by atoms with Crippen molar-refractivity contribution in [1.29, 1.82) is 0 Å². The molecule has 0 saturated heterocycles. The normalized spacial score (nSPS) is 15.0. The van der Waals surface area contributed by atoms with Crippen LogP contribution < -0.4 is 10.9 Å². The Bertz CT molecular complexity index is 1210. The molecule has 0 saturated carbocycles. The van der Waals surface area contributed by atoms with Crippen molar-refractivity contribution in [2.24, 2.45) is 0 Å². The summed E-state index contributed by atoms with van der Waals surface area (Å²) in [6, 6.07) is 7.54. The molecule has 1 N–H and O–H groups in total. The summed E-state index contributed by atoms with van der Waals surface area (Å²) < 4.78 is 3.64. The van der Waals surface area contributed by atoms with Crippen LogP contribution in [0, 0.1) is 0 Å². The number of rotatable bonds is 10. The summed E-state index contributed by atoms with van der Waals surface area (Å²) in [7, 11) is 0. The Morgan fingerprint density at radius 1 is 1.21 bits per heavy atom. The number of hydrogen-bond donors (Lipinski definition) is 1. The van der Waals surface area contributed by atoms with E-state index in [1.54, 1.807) is 4.57 Å². The third-order valence-corrected chi connectivity index (χ3v) is 7.29. The average molecular weight is 468 g/mol. The quantitative estimate of drug-likeness (QED) is 0.265. The molecule has 8 heteroatoms. The van der Waals surface area contributed by atoms with E-state index in [9.17, 15) is 9.59 Å². The zero-order valence-corrected chi connectivity index (χ0v) is 20.4. The highest BCUT2D eigenvalue weighted by Gasteiger charge is 2.21. The van der Waals surface area contributed by atoms with Gasteiger partial charge in [0, 0.05) is 13.1 Å². The maximum atomic E-state index is 13.1. The number of aryl methyl sites for hydroxylation is 1. The van der Waals surface area contributed by atoms with Crippen molar-refractivity contribution < 1.29 is 4.79 Å². The van der Waals surface area contributed by atoms with Crippen LogP contribution in [0.4, 0.5) is 0 Å². The molecule has 1 atom stereocenters. The summed E-state index contributed by atoms with van der Waals surface area (Å²) in [5, 5.41) is 12.8. The second kappa shape index (κ2) is 11.0. The van der Waals surface area contributed by atoms with Gasteiger partial charge in [0.25, 0.3) is 5.56 Å². The topological polar surface area (TPSA) is 81.3 Å². The highest BCUT2D eigenvalue weighted by molar-refractivity contribution is 8.00. The number of carbonyl (C=O) groups is 1. The minimum Gasteiger partial charge on any atom is -0.355 e. The SMILES string of the molecule is CCCCCn1c(=O)c2ccccc2n2c(SC(C)C(=O)NCCC3=CCCCC3)nnc12. The maximum Gasteiger partial charge on any atom is 0.262 e. The Morgan fingerprint density at radius 3 is 2.85 bits per heavy atom. The van der Waals surface area contributed by atoms with Gasteiger partial charge in [-0.25, -0.2) is 0 Å². The highest BCUT2D eigenvalue weighted by atomic mass is 32.2. The summed E-state index contributed by atoms with van der Waals surface area (Å²) in [6.07, 6.45) is 11.1. The first-order valence-corrected chi connectivity index (χ1v) is 13.0. The molecule has 0 aliphatic heterocycles. The fraction of sp³-hybridized carbons (Fsp3) is 0.520. The number of unbranched alkanes of at least 4 members (excludes halogenated alkanes) is 2. The van der Waals surface area contributed by atoms with Gasteiger partial charge in [0.1, 0.15) is 0 Å². The van der Waals surface area contributed by atoms with E-state index in [0.717, 1.165) is 44.0 Å². The second-order valence-corrected chi connectivity index (χ2v) is 10.0. The van der Waals surface area contributed by atoms with E-state index in [1.807, 2.05) is 35.6 Å². The van der Waals surface area contributed by atoms with Crippen molar-refractivity contribution in [3.63, 3.8) is 0 Å². The number of allylic oxidation sites excluding steroid dienone is 1. The first kappa shape index (κ1) is 23.5. The minimum atomic E-state index is -0.322. The van der Waals surface area contributed by atoms with Gasteiger partial charge in [-0.1, -0.05) is 55.3 Å². The molecule has 0 radical (unpaired) electrons. The average Bonchev–Trinajstić information content (AvgIpc) is 3.25. The lowest BCUT2D eigenvalue weighted by Crippen LogP contribution is -2.32. The molecule has 4 rings (SSSR count). The van der Waals surface area contributed by atoms with Gasteiger partial charge in [0.05, 0.1) is 16.2 Å². The monoisotopic (exact) mass is 467 g/mol. The molecule has 1 aromatic carbocycles. The molecule has 7 nitrogen and oxygen atoms in total. The molecule has 2 aromatic heterocycles. The van der Waals surface area contributed by atoms with E-state index in [1.165, 1.54) is 30.2 Å². The van der Waals surface area contributed by atoms with Crippen LogP contribution in [0.2, 0.25) is 0 Å². The number of aromatic nitrogens is 4. The van der Waals surface area contributed by atoms with Crippen LogP contribution in [-0.2, 0) is 11.3 Å². The van der Waals surface area contributed by atoms with Gasteiger partial charge >= 0.3 is 0 Å². The van der Waals surface area contributed by atoms with Crippen LogP contribution in [-0.4, -0.2) is 36.9 Å². The Balaban J connectivity index is 1.54. The van der Waals surface area contributed by atoms with Gasteiger partial charge in [-0.15, -0.1) is 10.2 Å². The summed E-state index contributed by atoms with van der Waals surface area (Å²) >= 11 is 1.38. The van der Waals surface area contributed by atoms with Gasteiger partial charge in [-0.2, -0.15) is 0 Å². The van der Waals surface area contributed by atoms with E-state index in [0.29, 0.717) is 29.4 Å². The molecule has 0 spiro atoms. The van der Waals surface area contributed by atoms with E-state index in [2.05, 4.69) is 28.5 Å². The summed E-state index contributed by atoms with van der Waals surface area (Å²) in [5.41, 5.74) is 2.19. The number of thioether (sulfide) groups is 1. The molecule has 1 aliphatic carbocycles. The number of nitrogens with zero attached hydrogens (tertiary/aromatic N) is 4. The maximum absolute atomic E-state index is 13.1. The lowest BCUT2D eigenvalue weighted by molar-refractivity contribution is -0.120. The first-order chi connectivity index (χ1) is 16.1. The van der Waals surface area contributed by atoms with Gasteiger partial charge in [-0.05, 0) is 57.6 Å². The molecule has 176 valence electrons. The summed E-state index contributed by atoms with van der Waals surface area (Å²) in [6.45, 7) is 5.30. The summed E-state index contributed by atoms with van der Waals surface area (Å²) in [5.74, 6) is 0.530. The Kier molecular flexibility index (Phi) is 7.85. The predicted octanol–water partition coefficient (Wildman–Crippen LogP) is 4.72. The molecule has 1 amide bonds. The van der Waals surface area contributed by atoms with Crippen LogP contribution in [0.25, 0.3) is 16.7 Å². The van der Waals surface area contributed by atoms with E-state index >= 15 is 0 Å². The molecule has 3 aromatic rings. The van der Waals surface area contributed by atoms with E-state index in [-0.39, 0.29) is 16.7 Å². The molecule has 2 heterocycles. The van der Waals surface area contributed by atoms with Crippen molar-refractivity contribution >= 4 is 34.3 Å². The van der Waals surface area contributed by atoms with Crippen LogP contribution >= 0.6 is 11.8 Å². The third-order valence-electron chi connectivity index (χ3n) is 6.25. The zero-order chi connectivity index (χ0) is 23.2. The summed E-state index contributed by atoms with van der Waals surface area (Å²) in [4.78, 5) is 25.9. The number of fused-ring (bicyclic) bond motifs is 3. The van der Waals surface area contributed by atoms with Crippen LogP contribution in [0.1, 0.15) is 65.2 Å². The first-order valence-electron chi connectivity index (χ1n) is 12.1. The predicted molar refractivity (Wildman–Crippen MR) is 134 cm³/mol. The molecular formula is C25H33N5O2S. The third kappa shape index (κ3) is 5.32. The van der Waals surface area contributed by atoms with Crippen LogP contribution in [0.3, 0.4) is 0 Å². The molecular weight excluding hydrogens is 434 g/mol. The highest BCUT2D eigenvalue weighted by Crippen LogP contribution is 2.25.